The van der Waals surface area contributed by atoms with E-state index in [1.807, 2.05) is 0 Å². The van der Waals surface area contributed by atoms with E-state index in [0.717, 1.165) is 37.4 Å². The number of hydrogen-bond acceptors (Lipinski definition) is 3. The van der Waals surface area contributed by atoms with E-state index >= 15 is 8.78 Å². The molecule has 2 unspecified atom stereocenters. The van der Waals surface area contributed by atoms with E-state index in [2.05, 4.69) is 9.97 Å². The number of aromatic nitrogens is 2. The first-order valence-electron chi connectivity index (χ1n) is 10.1. The van der Waals surface area contributed by atoms with Gasteiger partial charge in [0.15, 0.2) is 0 Å². The number of fused-ring (bicyclic) bond motifs is 3. The summed E-state index contributed by atoms with van der Waals surface area (Å²) in [5.74, 6) is -7.08. The molecule has 0 saturated heterocycles. The van der Waals surface area contributed by atoms with Gasteiger partial charge in [0, 0.05) is 35.7 Å². The number of aliphatic carboxylic acids is 1. The van der Waals surface area contributed by atoms with Gasteiger partial charge in [-0.1, -0.05) is 0 Å². The molecule has 33 heavy (non-hydrogen) atoms. The van der Waals surface area contributed by atoms with E-state index in [9.17, 15) is 18.0 Å². The Labute approximate surface area is 185 Å². The number of benzene rings is 1. The molecule has 0 fully saturated rings. The number of aromatic amines is 1. The number of nitrogens with zero attached hydrogens (tertiary/aromatic N) is 2. The van der Waals surface area contributed by atoms with Crippen LogP contribution in [0.15, 0.2) is 30.5 Å². The minimum atomic E-state index is -3.16. The van der Waals surface area contributed by atoms with E-state index in [1.165, 1.54) is 11.0 Å². The highest BCUT2D eigenvalue weighted by Gasteiger charge is 2.42. The lowest BCUT2D eigenvalue weighted by Crippen LogP contribution is -2.47. The van der Waals surface area contributed by atoms with Gasteiger partial charge in [0.1, 0.15) is 23.1 Å². The summed E-state index contributed by atoms with van der Waals surface area (Å²) in [6.45, 7) is 1.61. The van der Waals surface area contributed by atoms with Crippen LogP contribution in [0, 0.1) is 17.5 Å². The van der Waals surface area contributed by atoms with Crippen molar-refractivity contribution >= 4 is 23.1 Å². The second-order valence-electron chi connectivity index (χ2n) is 8.33. The van der Waals surface area contributed by atoms with Crippen LogP contribution in [0.4, 0.5) is 22.0 Å². The molecule has 0 spiro atoms. The molecule has 1 aromatic carbocycles. The third-order valence-electron chi connectivity index (χ3n) is 5.68. The summed E-state index contributed by atoms with van der Waals surface area (Å²) in [5, 5.41) is 9.18. The molecule has 0 amide bonds. The molecule has 0 aliphatic carbocycles. The van der Waals surface area contributed by atoms with Gasteiger partial charge in [0.2, 0.25) is 0 Å². The molecular weight excluding hydrogens is 445 g/mol. The van der Waals surface area contributed by atoms with Crippen LogP contribution in [0.2, 0.25) is 0 Å². The number of carboxylic acids is 1. The predicted octanol–water partition coefficient (Wildman–Crippen LogP) is 5.07. The smallest absolute Gasteiger partial charge is 0.328 e. The third kappa shape index (κ3) is 4.47. The van der Waals surface area contributed by atoms with Gasteiger partial charge in [-0.15, -0.1) is 0 Å². The van der Waals surface area contributed by atoms with Crippen molar-refractivity contribution in [2.24, 2.45) is 0 Å². The summed E-state index contributed by atoms with van der Waals surface area (Å²) in [4.78, 5) is 19.0. The van der Waals surface area contributed by atoms with Crippen molar-refractivity contribution in [3.63, 3.8) is 0 Å². The Bertz CT molecular complexity index is 1240. The number of hydrogen-bond donors (Lipinski definition) is 2. The maximum atomic E-state index is 15.2. The van der Waals surface area contributed by atoms with Gasteiger partial charge < -0.3 is 10.1 Å². The van der Waals surface area contributed by atoms with Crippen molar-refractivity contribution in [3.8, 4) is 0 Å². The largest absolute Gasteiger partial charge is 0.478 e. The first-order valence-corrected chi connectivity index (χ1v) is 10.1. The minimum absolute atomic E-state index is 0.0343. The topological polar surface area (TPSA) is 69.2 Å². The van der Waals surface area contributed by atoms with Gasteiger partial charge in [0.05, 0.1) is 18.8 Å². The minimum Gasteiger partial charge on any atom is -0.478 e. The number of carboxylic acid groups (broad SMARTS) is 1. The zero-order valence-corrected chi connectivity index (χ0v) is 17.7. The molecule has 0 radical (unpaired) electrons. The number of H-pyrrole nitrogens is 1. The number of nitrogens with one attached hydrogen (secondary N) is 1. The van der Waals surface area contributed by atoms with Gasteiger partial charge >= 0.3 is 5.97 Å². The van der Waals surface area contributed by atoms with Crippen LogP contribution in [-0.4, -0.2) is 44.5 Å². The van der Waals surface area contributed by atoms with E-state index < -0.39 is 53.5 Å². The summed E-state index contributed by atoms with van der Waals surface area (Å²) in [7, 11) is 0. The molecule has 3 aromatic rings. The van der Waals surface area contributed by atoms with Crippen LogP contribution in [0.3, 0.4) is 0 Å². The first-order chi connectivity index (χ1) is 15.4. The first kappa shape index (κ1) is 22.9. The molecule has 174 valence electrons. The van der Waals surface area contributed by atoms with Crippen LogP contribution < -0.4 is 0 Å². The predicted molar refractivity (Wildman–Crippen MR) is 111 cm³/mol. The van der Waals surface area contributed by atoms with E-state index in [1.54, 1.807) is 6.92 Å². The maximum absolute atomic E-state index is 15.2. The molecule has 5 nitrogen and oxygen atoms in total. The fraction of sp³-hybridized carbons (Fsp3) is 0.304. The average Bonchev–Trinajstić information content (AvgIpc) is 3.04. The Morgan fingerprint density at radius 3 is 2.55 bits per heavy atom. The Morgan fingerprint density at radius 1 is 1.27 bits per heavy atom. The molecule has 3 heterocycles. The van der Waals surface area contributed by atoms with Gasteiger partial charge in [-0.25, -0.2) is 31.7 Å². The number of halogens is 5. The highest BCUT2D eigenvalue weighted by molar-refractivity contribution is 5.85. The van der Waals surface area contributed by atoms with Crippen molar-refractivity contribution in [1.82, 2.24) is 14.9 Å². The van der Waals surface area contributed by atoms with Crippen LogP contribution in [0.25, 0.3) is 17.1 Å². The molecule has 0 bridgehead atoms. The molecule has 10 heteroatoms. The summed E-state index contributed by atoms with van der Waals surface area (Å²) < 4.78 is 72.5. The van der Waals surface area contributed by atoms with Crippen LogP contribution in [0.1, 0.15) is 42.3 Å². The molecular formula is C23H20F5N3O2. The molecule has 1 aliphatic heterocycles. The Morgan fingerprint density at radius 2 is 1.94 bits per heavy atom. The zero-order valence-electron chi connectivity index (χ0n) is 17.7. The van der Waals surface area contributed by atoms with Crippen molar-refractivity contribution in [2.45, 2.75) is 38.3 Å². The van der Waals surface area contributed by atoms with Crippen molar-refractivity contribution in [1.29, 1.82) is 0 Å². The second-order valence-corrected chi connectivity index (χ2v) is 8.33. The quantitative estimate of drug-likeness (QED) is 0.408. The second kappa shape index (κ2) is 8.26. The number of pyridine rings is 1. The van der Waals surface area contributed by atoms with E-state index in [4.69, 9.17) is 5.11 Å². The monoisotopic (exact) mass is 465 g/mol. The van der Waals surface area contributed by atoms with E-state index in [0.29, 0.717) is 10.9 Å². The zero-order chi connectivity index (χ0) is 24.1. The number of carbonyl (C=O) groups is 1. The highest BCUT2D eigenvalue weighted by atomic mass is 19.3. The Kier molecular flexibility index (Phi) is 5.73. The van der Waals surface area contributed by atoms with E-state index in [-0.39, 0.29) is 23.3 Å². The van der Waals surface area contributed by atoms with Crippen molar-refractivity contribution < 1.29 is 31.9 Å². The van der Waals surface area contributed by atoms with Crippen LogP contribution in [0.5, 0.6) is 0 Å². The van der Waals surface area contributed by atoms with Crippen molar-refractivity contribution in [2.75, 3.05) is 6.54 Å². The summed E-state index contributed by atoms with van der Waals surface area (Å²) in [5.41, 5.74) is 0.598. The Hall–Kier alpha value is -3.27. The molecule has 1 aliphatic rings. The van der Waals surface area contributed by atoms with Crippen LogP contribution in [-0.2, 0) is 11.2 Å². The van der Waals surface area contributed by atoms with Gasteiger partial charge in [-0.3, -0.25) is 4.90 Å². The molecule has 2 atom stereocenters. The lowest BCUT2D eigenvalue weighted by atomic mass is 9.87. The van der Waals surface area contributed by atoms with Gasteiger partial charge in [0.25, 0.3) is 5.92 Å². The van der Waals surface area contributed by atoms with Gasteiger partial charge in [-0.05, 0) is 48.7 Å². The number of rotatable bonds is 5. The Balaban J connectivity index is 1.93. The van der Waals surface area contributed by atoms with Crippen LogP contribution >= 0.6 is 0 Å². The lowest BCUT2D eigenvalue weighted by Gasteiger charge is -2.42. The summed E-state index contributed by atoms with van der Waals surface area (Å²) in [6.07, 6.45) is 3.00. The summed E-state index contributed by atoms with van der Waals surface area (Å²) >= 11 is 0. The van der Waals surface area contributed by atoms with Gasteiger partial charge in [-0.2, -0.15) is 0 Å². The maximum Gasteiger partial charge on any atom is 0.328 e. The molecule has 0 saturated carbocycles. The fourth-order valence-electron chi connectivity index (χ4n) is 4.41. The lowest BCUT2D eigenvalue weighted by molar-refractivity contribution is -0.131. The molecule has 2 aromatic heterocycles. The average molecular weight is 465 g/mol. The third-order valence-corrected chi connectivity index (χ3v) is 5.68. The summed E-state index contributed by atoms with van der Waals surface area (Å²) in [6, 6.07) is 1.32. The number of alkyl halides is 2. The molecule has 4 rings (SSSR count). The standard InChI is InChI=1S/C23H20F5N3O2/c1-11-5-14-15-8-13(24)9-29-22(15)30-20(14)21(31(11)10-23(2,27)28)19-16(25)6-12(7-17(19)26)3-4-18(32)33/h3-4,6-9,11,21H,5,10H2,1-2H3,(H,29,30)(H,32,33)/b4-3+. The fourth-order valence-corrected chi connectivity index (χ4v) is 4.41. The SMILES string of the molecule is CC1Cc2c([nH]c3ncc(F)cc23)C(c2c(F)cc(/C=C/C(=O)O)cc2F)N1CC(C)(F)F. The molecule has 2 N–H and O–H groups in total. The highest BCUT2D eigenvalue weighted by Crippen LogP contribution is 2.43. The van der Waals surface area contributed by atoms with Crippen molar-refractivity contribution in [3.05, 3.63) is 70.3 Å². The normalized spacial score (nSPS) is 19.4.